The quantitative estimate of drug-likeness (QED) is 0.570. The highest BCUT2D eigenvalue weighted by Crippen LogP contribution is 2.36. The SMILES string of the molecule is CCOc1c(Br)cc(CNCCS(=O)(=O)Cc2ccccc2)cc1OC. The summed E-state index contributed by atoms with van der Waals surface area (Å²) >= 11 is 3.49. The molecule has 0 fully saturated rings. The van der Waals surface area contributed by atoms with Gasteiger partial charge in [0.1, 0.15) is 0 Å². The summed E-state index contributed by atoms with van der Waals surface area (Å²) in [5.41, 5.74) is 1.80. The van der Waals surface area contributed by atoms with Crippen LogP contribution in [0.25, 0.3) is 0 Å². The van der Waals surface area contributed by atoms with E-state index in [2.05, 4.69) is 21.2 Å². The number of nitrogens with one attached hydrogen (secondary N) is 1. The van der Waals surface area contributed by atoms with Gasteiger partial charge in [0, 0.05) is 13.1 Å². The van der Waals surface area contributed by atoms with Gasteiger partial charge >= 0.3 is 0 Å². The first kappa shape index (κ1) is 20.7. The molecular weight excluding hydrogens is 418 g/mol. The number of benzene rings is 2. The van der Waals surface area contributed by atoms with Crippen LogP contribution in [0.2, 0.25) is 0 Å². The van der Waals surface area contributed by atoms with E-state index in [4.69, 9.17) is 9.47 Å². The summed E-state index contributed by atoms with van der Waals surface area (Å²) in [7, 11) is -1.55. The van der Waals surface area contributed by atoms with Gasteiger partial charge in [-0.1, -0.05) is 30.3 Å². The summed E-state index contributed by atoms with van der Waals surface area (Å²) in [6, 6.07) is 13.1. The maximum Gasteiger partial charge on any atom is 0.175 e. The van der Waals surface area contributed by atoms with Crippen LogP contribution in [0.3, 0.4) is 0 Å². The van der Waals surface area contributed by atoms with Gasteiger partial charge in [0.05, 0.1) is 29.7 Å². The van der Waals surface area contributed by atoms with Gasteiger partial charge in [-0.3, -0.25) is 0 Å². The third-order valence-electron chi connectivity index (χ3n) is 3.73. The monoisotopic (exact) mass is 441 g/mol. The zero-order valence-electron chi connectivity index (χ0n) is 15.0. The summed E-state index contributed by atoms with van der Waals surface area (Å²) in [4.78, 5) is 0. The molecule has 7 heteroatoms. The largest absolute Gasteiger partial charge is 0.493 e. The lowest BCUT2D eigenvalue weighted by atomic mass is 10.2. The van der Waals surface area contributed by atoms with Crippen molar-refractivity contribution < 1.29 is 17.9 Å². The van der Waals surface area contributed by atoms with E-state index in [0.717, 1.165) is 15.6 Å². The van der Waals surface area contributed by atoms with Crippen LogP contribution >= 0.6 is 15.9 Å². The molecule has 0 aliphatic heterocycles. The van der Waals surface area contributed by atoms with Gasteiger partial charge < -0.3 is 14.8 Å². The van der Waals surface area contributed by atoms with Crippen molar-refractivity contribution in [2.24, 2.45) is 0 Å². The standard InChI is InChI=1S/C19H24BrNO4S/c1-3-25-19-17(20)11-16(12-18(19)24-2)13-21-9-10-26(22,23)14-15-7-5-4-6-8-15/h4-8,11-12,21H,3,9-10,13-14H2,1-2H3. The van der Waals surface area contributed by atoms with Crippen molar-refractivity contribution in [2.45, 2.75) is 19.2 Å². The molecule has 0 saturated heterocycles. The molecule has 2 aromatic rings. The molecule has 142 valence electrons. The lowest BCUT2D eigenvalue weighted by Gasteiger charge is -2.14. The van der Waals surface area contributed by atoms with E-state index >= 15 is 0 Å². The average molecular weight is 442 g/mol. The summed E-state index contributed by atoms with van der Waals surface area (Å²) in [6.07, 6.45) is 0. The summed E-state index contributed by atoms with van der Waals surface area (Å²) in [5.74, 6) is 1.48. The second-order valence-corrected chi connectivity index (χ2v) is 8.83. The third kappa shape index (κ3) is 6.30. The number of hydrogen-bond acceptors (Lipinski definition) is 5. The Labute approximate surface area is 163 Å². The first-order valence-corrected chi connectivity index (χ1v) is 11.0. The van der Waals surface area contributed by atoms with E-state index in [9.17, 15) is 8.42 Å². The Morgan fingerprint density at radius 2 is 1.85 bits per heavy atom. The van der Waals surface area contributed by atoms with Crippen LogP contribution in [-0.2, 0) is 22.1 Å². The minimum absolute atomic E-state index is 0.0674. The van der Waals surface area contributed by atoms with Crippen LogP contribution in [0.4, 0.5) is 0 Å². The van der Waals surface area contributed by atoms with E-state index in [-0.39, 0.29) is 11.5 Å². The van der Waals surface area contributed by atoms with Crippen molar-refractivity contribution in [1.82, 2.24) is 5.32 Å². The lowest BCUT2D eigenvalue weighted by molar-refractivity contribution is 0.308. The number of ether oxygens (including phenoxy) is 2. The third-order valence-corrected chi connectivity index (χ3v) is 5.91. The molecule has 26 heavy (non-hydrogen) atoms. The highest BCUT2D eigenvalue weighted by Gasteiger charge is 2.13. The summed E-state index contributed by atoms with van der Waals surface area (Å²) in [5, 5.41) is 3.18. The van der Waals surface area contributed by atoms with Crippen molar-refractivity contribution in [3.63, 3.8) is 0 Å². The molecule has 1 N–H and O–H groups in total. The first-order chi connectivity index (χ1) is 12.4. The van der Waals surface area contributed by atoms with E-state index in [1.165, 1.54) is 0 Å². The first-order valence-electron chi connectivity index (χ1n) is 8.39. The second kappa shape index (κ2) is 9.94. The number of halogens is 1. The van der Waals surface area contributed by atoms with Crippen molar-refractivity contribution in [3.8, 4) is 11.5 Å². The normalized spacial score (nSPS) is 11.3. The van der Waals surface area contributed by atoms with Crippen LogP contribution in [0.5, 0.6) is 11.5 Å². The molecule has 0 aromatic heterocycles. The molecule has 2 rings (SSSR count). The molecule has 0 saturated carbocycles. The van der Waals surface area contributed by atoms with Gasteiger partial charge in [-0.15, -0.1) is 0 Å². The van der Waals surface area contributed by atoms with E-state index < -0.39 is 9.84 Å². The Morgan fingerprint density at radius 3 is 2.50 bits per heavy atom. The number of rotatable bonds is 10. The summed E-state index contributed by atoms with van der Waals surface area (Å²) in [6.45, 7) is 3.40. The molecule has 0 spiro atoms. The lowest BCUT2D eigenvalue weighted by Crippen LogP contribution is -2.23. The fraction of sp³-hybridized carbons (Fsp3) is 0.368. The van der Waals surface area contributed by atoms with Crippen LogP contribution in [-0.4, -0.2) is 34.4 Å². The van der Waals surface area contributed by atoms with Gasteiger partial charge in [0.2, 0.25) is 0 Å². The Hall–Kier alpha value is -1.57. The van der Waals surface area contributed by atoms with Crippen molar-refractivity contribution in [3.05, 3.63) is 58.1 Å². The van der Waals surface area contributed by atoms with Gasteiger partial charge in [0.15, 0.2) is 21.3 Å². The molecule has 0 bridgehead atoms. The number of hydrogen-bond donors (Lipinski definition) is 1. The maximum atomic E-state index is 12.2. The Bertz CT molecular complexity index is 810. The highest BCUT2D eigenvalue weighted by molar-refractivity contribution is 9.10. The molecule has 0 unspecified atom stereocenters. The number of methoxy groups -OCH3 is 1. The van der Waals surface area contributed by atoms with Gasteiger partial charge in [0.25, 0.3) is 0 Å². The molecule has 0 heterocycles. The predicted octanol–water partition coefficient (Wildman–Crippen LogP) is 3.56. The Morgan fingerprint density at radius 1 is 1.12 bits per heavy atom. The van der Waals surface area contributed by atoms with E-state index in [1.54, 1.807) is 7.11 Å². The van der Waals surface area contributed by atoms with Crippen LogP contribution in [0, 0.1) is 0 Å². The zero-order valence-corrected chi connectivity index (χ0v) is 17.4. The molecule has 0 aliphatic rings. The predicted molar refractivity (Wildman–Crippen MR) is 108 cm³/mol. The van der Waals surface area contributed by atoms with E-state index in [0.29, 0.717) is 31.2 Å². The number of sulfone groups is 1. The molecule has 2 aromatic carbocycles. The highest BCUT2D eigenvalue weighted by atomic mass is 79.9. The smallest absolute Gasteiger partial charge is 0.175 e. The van der Waals surface area contributed by atoms with Crippen molar-refractivity contribution in [1.29, 1.82) is 0 Å². The Kier molecular flexibility index (Phi) is 7.93. The second-order valence-electron chi connectivity index (χ2n) is 5.80. The van der Waals surface area contributed by atoms with Gasteiger partial charge in [-0.05, 0) is 46.1 Å². The average Bonchev–Trinajstić information content (AvgIpc) is 2.61. The molecule has 0 radical (unpaired) electrons. The Balaban J connectivity index is 1.88. The summed E-state index contributed by atoms with van der Waals surface area (Å²) < 4.78 is 36.1. The topological polar surface area (TPSA) is 64.6 Å². The van der Waals surface area contributed by atoms with Crippen molar-refractivity contribution >= 4 is 25.8 Å². The van der Waals surface area contributed by atoms with Gasteiger partial charge in [-0.2, -0.15) is 0 Å². The molecule has 0 aliphatic carbocycles. The fourth-order valence-corrected chi connectivity index (χ4v) is 4.42. The van der Waals surface area contributed by atoms with Crippen LogP contribution < -0.4 is 14.8 Å². The van der Waals surface area contributed by atoms with Gasteiger partial charge in [-0.25, -0.2) is 8.42 Å². The van der Waals surface area contributed by atoms with E-state index in [1.807, 2.05) is 49.4 Å². The molecule has 5 nitrogen and oxygen atoms in total. The minimum Gasteiger partial charge on any atom is -0.493 e. The van der Waals surface area contributed by atoms with Crippen molar-refractivity contribution in [2.75, 3.05) is 26.0 Å². The maximum absolute atomic E-state index is 12.2. The molecule has 0 amide bonds. The molecule has 0 atom stereocenters. The fourth-order valence-electron chi connectivity index (χ4n) is 2.52. The van der Waals surface area contributed by atoms with Crippen LogP contribution in [0.1, 0.15) is 18.1 Å². The molecular formula is C19H24BrNO4S. The van der Waals surface area contributed by atoms with Crippen LogP contribution in [0.15, 0.2) is 46.9 Å². The minimum atomic E-state index is -3.14. The zero-order chi connectivity index (χ0) is 19.0.